The first-order chi connectivity index (χ1) is 9.79. The third-order valence-electron chi connectivity index (χ3n) is 3.66. The highest BCUT2D eigenvalue weighted by atomic mass is 32.1. The molecule has 0 fully saturated rings. The molecule has 0 amide bonds. The molecule has 1 aromatic heterocycles. The van der Waals surface area contributed by atoms with E-state index in [1.165, 1.54) is 11.3 Å². The van der Waals surface area contributed by atoms with E-state index in [0.717, 1.165) is 30.4 Å². The third-order valence-corrected chi connectivity index (χ3v) is 3.96. The van der Waals surface area contributed by atoms with Gasteiger partial charge in [0.2, 0.25) is 0 Å². The largest absolute Gasteiger partial charge is 0.349 e. The van der Waals surface area contributed by atoms with Crippen molar-refractivity contribution < 1.29 is 0 Å². The van der Waals surface area contributed by atoms with Crippen molar-refractivity contribution in [3.05, 3.63) is 62.9 Å². The van der Waals surface area contributed by atoms with Crippen molar-refractivity contribution in [2.24, 2.45) is 0 Å². The van der Waals surface area contributed by atoms with E-state index in [1.807, 2.05) is 42.5 Å². The van der Waals surface area contributed by atoms with Gasteiger partial charge in [-0.2, -0.15) is 5.26 Å². The number of H-pyrrole nitrogens is 1. The Hall–Kier alpha value is -2.18. The molecule has 2 aromatic rings. The summed E-state index contributed by atoms with van der Waals surface area (Å²) in [6.45, 7) is 0. The summed E-state index contributed by atoms with van der Waals surface area (Å²) >= 11 is 5.30. The van der Waals surface area contributed by atoms with E-state index in [1.54, 1.807) is 0 Å². The predicted molar refractivity (Wildman–Crippen MR) is 83.7 cm³/mol. The van der Waals surface area contributed by atoms with Gasteiger partial charge in [0.1, 0.15) is 10.7 Å². The molecule has 1 aliphatic carbocycles. The van der Waals surface area contributed by atoms with E-state index in [9.17, 15) is 5.26 Å². The van der Waals surface area contributed by atoms with Crippen molar-refractivity contribution in [3.8, 4) is 6.07 Å². The number of pyridine rings is 1. The van der Waals surface area contributed by atoms with Gasteiger partial charge in [0.25, 0.3) is 0 Å². The quantitative estimate of drug-likeness (QED) is 0.833. The number of rotatable bonds is 2. The van der Waals surface area contributed by atoms with Gasteiger partial charge in [0, 0.05) is 11.3 Å². The van der Waals surface area contributed by atoms with Crippen LogP contribution in [0, 0.1) is 16.0 Å². The summed E-state index contributed by atoms with van der Waals surface area (Å²) in [6, 6.07) is 12.3. The molecule has 3 heteroatoms. The number of aromatic amines is 1. The van der Waals surface area contributed by atoms with E-state index in [0.29, 0.717) is 10.2 Å². The predicted octanol–water partition coefficient (Wildman–Crippen LogP) is 4.27. The number of nitrogens with one attached hydrogen (secondary N) is 1. The van der Waals surface area contributed by atoms with Crippen LogP contribution in [0.25, 0.3) is 12.2 Å². The highest BCUT2D eigenvalue weighted by Crippen LogP contribution is 2.28. The fourth-order valence-electron chi connectivity index (χ4n) is 2.69. The Morgan fingerprint density at radius 1 is 1.15 bits per heavy atom. The Labute approximate surface area is 123 Å². The number of hydrogen-bond acceptors (Lipinski definition) is 2. The zero-order valence-electron chi connectivity index (χ0n) is 11.0. The topological polar surface area (TPSA) is 39.6 Å². The second-order valence-corrected chi connectivity index (χ2v) is 5.32. The summed E-state index contributed by atoms with van der Waals surface area (Å²) in [5.41, 5.74) is 5.16. The minimum Gasteiger partial charge on any atom is -0.349 e. The summed E-state index contributed by atoms with van der Waals surface area (Å²) in [5.74, 6) is 0. The van der Waals surface area contributed by atoms with Crippen LogP contribution in [0.1, 0.15) is 34.4 Å². The van der Waals surface area contributed by atoms with Gasteiger partial charge in [-0.3, -0.25) is 0 Å². The Balaban J connectivity index is 2.12. The first kappa shape index (κ1) is 12.8. The molecule has 3 rings (SSSR count). The average molecular weight is 278 g/mol. The minimum atomic E-state index is 0.556. The third kappa shape index (κ3) is 2.31. The molecular formula is C17H14N2S. The van der Waals surface area contributed by atoms with Gasteiger partial charge in [-0.15, -0.1) is 0 Å². The number of aryl methyl sites for hydroxylation is 1. The Kier molecular flexibility index (Phi) is 3.49. The number of benzene rings is 1. The lowest BCUT2D eigenvalue weighted by Gasteiger charge is -2.07. The van der Waals surface area contributed by atoms with Crippen LogP contribution >= 0.6 is 12.2 Å². The molecule has 0 saturated carbocycles. The van der Waals surface area contributed by atoms with Crippen molar-refractivity contribution in [1.29, 1.82) is 5.26 Å². The molecule has 98 valence electrons. The van der Waals surface area contributed by atoms with Crippen molar-refractivity contribution in [3.63, 3.8) is 0 Å². The number of fused-ring (bicyclic) bond motifs is 1. The summed E-state index contributed by atoms with van der Waals surface area (Å²) < 4.78 is 0.556. The number of hydrogen-bond donors (Lipinski definition) is 1. The first-order valence-electron chi connectivity index (χ1n) is 6.71. The molecule has 1 heterocycles. The lowest BCUT2D eigenvalue weighted by Crippen LogP contribution is -1.97. The number of nitrogens with zero attached hydrogens (tertiary/aromatic N) is 1. The summed E-state index contributed by atoms with van der Waals surface area (Å²) in [4.78, 5) is 3.20. The average Bonchev–Trinajstić information content (AvgIpc) is 2.93. The smallest absolute Gasteiger partial charge is 0.122 e. The van der Waals surface area contributed by atoms with Gasteiger partial charge in [0.15, 0.2) is 0 Å². The minimum absolute atomic E-state index is 0.556. The molecule has 20 heavy (non-hydrogen) atoms. The lowest BCUT2D eigenvalue weighted by atomic mass is 10.0. The van der Waals surface area contributed by atoms with Crippen molar-refractivity contribution in [2.75, 3.05) is 0 Å². The molecule has 1 N–H and O–H groups in total. The molecule has 0 atom stereocenters. The SMILES string of the molecule is N#Cc1c(C=Cc2ccccc2)c2c([nH]c1=S)CCC2. The van der Waals surface area contributed by atoms with Crippen LogP contribution in [0.2, 0.25) is 0 Å². The zero-order valence-corrected chi connectivity index (χ0v) is 11.8. The van der Waals surface area contributed by atoms with Crippen LogP contribution < -0.4 is 0 Å². The molecule has 1 aliphatic rings. The van der Waals surface area contributed by atoms with Crippen LogP contribution in [0.5, 0.6) is 0 Å². The summed E-state index contributed by atoms with van der Waals surface area (Å²) in [7, 11) is 0. The van der Waals surface area contributed by atoms with Gasteiger partial charge < -0.3 is 4.98 Å². The zero-order chi connectivity index (χ0) is 13.9. The molecule has 2 nitrogen and oxygen atoms in total. The van der Waals surface area contributed by atoms with Gasteiger partial charge in [-0.1, -0.05) is 54.7 Å². The Morgan fingerprint density at radius 3 is 2.70 bits per heavy atom. The molecule has 0 spiro atoms. The molecule has 1 aromatic carbocycles. The van der Waals surface area contributed by atoms with Gasteiger partial charge in [0.05, 0.1) is 5.56 Å². The molecule has 0 saturated heterocycles. The van der Waals surface area contributed by atoms with Crippen LogP contribution in [-0.2, 0) is 12.8 Å². The fourth-order valence-corrected chi connectivity index (χ4v) is 2.97. The molecule has 0 radical (unpaired) electrons. The lowest BCUT2D eigenvalue weighted by molar-refractivity contribution is 0.898. The number of nitriles is 1. The summed E-state index contributed by atoms with van der Waals surface area (Å²) in [5, 5.41) is 9.36. The maximum Gasteiger partial charge on any atom is 0.122 e. The second kappa shape index (κ2) is 5.44. The van der Waals surface area contributed by atoms with E-state index in [4.69, 9.17) is 12.2 Å². The van der Waals surface area contributed by atoms with E-state index >= 15 is 0 Å². The fraction of sp³-hybridized carbons (Fsp3) is 0.176. The highest BCUT2D eigenvalue weighted by molar-refractivity contribution is 7.71. The van der Waals surface area contributed by atoms with Gasteiger partial charge in [-0.05, 0) is 30.4 Å². The monoisotopic (exact) mass is 278 g/mol. The van der Waals surface area contributed by atoms with Crippen LogP contribution in [0.3, 0.4) is 0 Å². The van der Waals surface area contributed by atoms with Gasteiger partial charge >= 0.3 is 0 Å². The Bertz CT molecular complexity index is 764. The van der Waals surface area contributed by atoms with Crippen LogP contribution in [0.4, 0.5) is 0 Å². The maximum atomic E-state index is 9.36. The molecule has 0 bridgehead atoms. The molecular weight excluding hydrogens is 264 g/mol. The van der Waals surface area contributed by atoms with Crippen LogP contribution in [-0.4, -0.2) is 4.98 Å². The summed E-state index contributed by atoms with van der Waals surface area (Å²) in [6.07, 6.45) is 7.24. The first-order valence-corrected chi connectivity index (χ1v) is 7.11. The van der Waals surface area contributed by atoms with Crippen molar-refractivity contribution >= 4 is 24.4 Å². The van der Waals surface area contributed by atoms with E-state index in [2.05, 4.69) is 11.1 Å². The Morgan fingerprint density at radius 2 is 1.95 bits per heavy atom. The van der Waals surface area contributed by atoms with Crippen LogP contribution in [0.15, 0.2) is 30.3 Å². The van der Waals surface area contributed by atoms with Crippen molar-refractivity contribution in [1.82, 2.24) is 4.98 Å². The van der Waals surface area contributed by atoms with Crippen molar-refractivity contribution in [2.45, 2.75) is 19.3 Å². The second-order valence-electron chi connectivity index (χ2n) is 4.91. The molecule has 0 aliphatic heterocycles. The normalized spacial score (nSPS) is 13.3. The maximum absolute atomic E-state index is 9.36. The van der Waals surface area contributed by atoms with E-state index in [-0.39, 0.29) is 0 Å². The van der Waals surface area contributed by atoms with Gasteiger partial charge in [-0.25, -0.2) is 0 Å². The standard InChI is InChI=1S/C17H14N2S/c18-11-15-13(10-9-12-5-2-1-3-6-12)14-7-4-8-16(14)19-17(15)20/h1-3,5-6,9-10H,4,7-8H2,(H,19,20). The number of aromatic nitrogens is 1. The van der Waals surface area contributed by atoms with E-state index < -0.39 is 0 Å². The molecule has 0 unspecified atom stereocenters. The highest BCUT2D eigenvalue weighted by Gasteiger charge is 2.18.